The molecule has 0 atom stereocenters. The molecule has 0 bridgehead atoms. The minimum absolute atomic E-state index is 0.00658. The molecule has 0 saturated heterocycles. The highest BCUT2D eigenvalue weighted by molar-refractivity contribution is 6.29. The van der Waals surface area contributed by atoms with Gasteiger partial charge in [-0.3, -0.25) is 0 Å². The number of aryl methyl sites for hydroxylation is 2. The van der Waals surface area contributed by atoms with E-state index < -0.39 is 0 Å². The Bertz CT molecular complexity index is 3060. The van der Waals surface area contributed by atoms with E-state index in [9.17, 15) is 0 Å². The van der Waals surface area contributed by atoms with Crippen LogP contribution in [0.2, 0.25) is 0 Å². The minimum Gasteiger partial charge on any atom is -0.309 e. The van der Waals surface area contributed by atoms with E-state index in [-0.39, 0.29) is 5.41 Å². The first-order valence-electron chi connectivity index (χ1n) is 21.9. The lowest BCUT2D eigenvalue weighted by Crippen LogP contribution is -2.17. The Morgan fingerprint density at radius 2 is 0.742 bits per heavy atom. The van der Waals surface area contributed by atoms with E-state index in [1.807, 2.05) is 0 Å². The Morgan fingerprint density at radius 1 is 0.339 bits per heavy atom. The largest absolute Gasteiger partial charge is 0.309 e. The fraction of sp³-hybridized carbons (Fsp3) is 0.133. The van der Waals surface area contributed by atoms with Gasteiger partial charge in [0.05, 0.1) is 11.4 Å². The lowest BCUT2D eigenvalue weighted by atomic mass is 9.83. The highest BCUT2D eigenvalue weighted by Crippen LogP contribution is 2.53. The molecule has 0 N–H and O–H groups in total. The molecule has 2 heteroatoms. The van der Waals surface area contributed by atoms with Gasteiger partial charge in [-0.15, -0.1) is 0 Å². The summed E-state index contributed by atoms with van der Waals surface area (Å²) in [6.45, 7) is 16.0. The van der Waals surface area contributed by atoms with Crippen LogP contribution in [-0.4, -0.2) is 0 Å². The molecule has 0 fully saturated rings. The first-order valence-corrected chi connectivity index (χ1v) is 21.9. The van der Waals surface area contributed by atoms with Gasteiger partial charge in [0.2, 0.25) is 0 Å². The van der Waals surface area contributed by atoms with Crippen molar-refractivity contribution >= 4 is 66.4 Å². The van der Waals surface area contributed by atoms with E-state index in [0.717, 1.165) is 34.1 Å². The zero-order valence-electron chi connectivity index (χ0n) is 36.8. The van der Waals surface area contributed by atoms with Crippen LogP contribution in [0.5, 0.6) is 0 Å². The fourth-order valence-electron chi connectivity index (χ4n) is 9.68. The smallest absolute Gasteiger partial charge is 0.0561 e. The summed E-state index contributed by atoms with van der Waals surface area (Å²) < 4.78 is 0. The second-order valence-electron chi connectivity index (χ2n) is 17.9. The first-order chi connectivity index (χ1) is 30.1. The van der Waals surface area contributed by atoms with Crippen molar-refractivity contribution in [2.75, 3.05) is 9.80 Å². The first kappa shape index (κ1) is 39.0. The molecule has 0 aliphatic carbocycles. The molecule has 0 saturated carbocycles. The summed E-state index contributed by atoms with van der Waals surface area (Å²) in [6, 6.07) is 69.7. The molecule has 0 heterocycles. The van der Waals surface area contributed by atoms with Crippen molar-refractivity contribution in [3.63, 3.8) is 0 Å². The fourth-order valence-corrected chi connectivity index (χ4v) is 9.68. The molecular formula is C60H52N2. The second kappa shape index (κ2) is 15.4. The molecule has 0 aliphatic heterocycles. The van der Waals surface area contributed by atoms with Crippen molar-refractivity contribution in [3.8, 4) is 22.3 Å². The van der Waals surface area contributed by atoms with Gasteiger partial charge in [-0.05, 0) is 130 Å². The summed E-state index contributed by atoms with van der Waals surface area (Å²) in [6.07, 6.45) is 0. The summed E-state index contributed by atoms with van der Waals surface area (Å²) in [7, 11) is 0. The molecule has 10 rings (SSSR count). The van der Waals surface area contributed by atoms with Crippen molar-refractivity contribution in [2.45, 2.75) is 53.9 Å². The van der Waals surface area contributed by atoms with E-state index in [1.54, 1.807) is 0 Å². The highest BCUT2D eigenvalue weighted by Gasteiger charge is 2.28. The van der Waals surface area contributed by atoms with E-state index >= 15 is 0 Å². The number of anilines is 6. The van der Waals surface area contributed by atoms with Gasteiger partial charge in [-0.2, -0.15) is 0 Å². The van der Waals surface area contributed by atoms with Crippen LogP contribution in [0.25, 0.3) is 54.6 Å². The molecule has 2 nitrogen and oxygen atoms in total. The number of benzene rings is 10. The molecule has 0 spiro atoms. The predicted molar refractivity (Wildman–Crippen MR) is 268 cm³/mol. The van der Waals surface area contributed by atoms with Gasteiger partial charge in [-0.25, -0.2) is 0 Å². The maximum Gasteiger partial charge on any atom is 0.0561 e. The Kier molecular flexibility index (Phi) is 9.68. The number of hydrogen-bond acceptors (Lipinski definition) is 2. The summed E-state index contributed by atoms with van der Waals surface area (Å²) in [5.41, 5.74) is 18.0. The normalized spacial score (nSPS) is 11.8. The van der Waals surface area contributed by atoms with Crippen LogP contribution < -0.4 is 9.80 Å². The van der Waals surface area contributed by atoms with Gasteiger partial charge in [0.25, 0.3) is 0 Å². The van der Waals surface area contributed by atoms with Crippen molar-refractivity contribution in [2.24, 2.45) is 0 Å². The van der Waals surface area contributed by atoms with Gasteiger partial charge in [-0.1, -0.05) is 178 Å². The molecular weight excluding hydrogens is 749 g/mol. The van der Waals surface area contributed by atoms with Crippen LogP contribution in [0.3, 0.4) is 0 Å². The molecule has 10 aromatic carbocycles. The van der Waals surface area contributed by atoms with Crippen molar-refractivity contribution in [1.29, 1.82) is 0 Å². The van der Waals surface area contributed by atoms with Crippen LogP contribution in [0.1, 0.15) is 48.6 Å². The lowest BCUT2D eigenvalue weighted by Gasteiger charge is -2.35. The van der Waals surface area contributed by atoms with Crippen molar-refractivity contribution < 1.29 is 0 Å². The molecule has 302 valence electrons. The Morgan fingerprint density at radius 3 is 1.16 bits per heavy atom. The van der Waals surface area contributed by atoms with Gasteiger partial charge in [0, 0.05) is 38.9 Å². The van der Waals surface area contributed by atoms with Crippen LogP contribution >= 0.6 is 0 Å². The van der Waals surface area contributed by atoms with Crippen LogP contribution in [0, 0.1) is 27.7 Å². The maximum atomic E-state index is 2.54. The standard InChI is InChI=1S/C60H52N2/c1-39-20-14-16-28-52(39)61(54-30-18-26-48(41(54)3)43-22-10-8-11-23-43)56-38-57(51-35-33-46-37-47(60(5,6)7)36-45-32-34-50(56)59(51)58(45)46)62(53-29-17-15-21-40(53)2)55-31-19-27-49(42(55)4)44-24-12-9-13-25-44/h8-38H,1-7H3. The Labute approximate surface area is 366 Å². The molecule has 0 radical (unpaired) electrons. The summed E-state index contributed by atoms with van der Waals surface area (Å²) in [5.74, 6) is 0. The van der Waals surface area contributed by atoms with Crippen LogP contribution in [-0.2, 0) is 5.41 Å². The summed E-state index contributed by atoms with van der Waals surface area (Å²) in [4.78, 5) is 5.08. The van der Waals surface area contributed by atoms with Crippen LogP contribution in [0.4, 0.5) is 34.1 Å². The third kappa shape index (κ3) is 6.59. The monoisotopic (exact) mass is 800 g/mol. The molecule has 62 heavy (non-hydrogen) atoms. The summed E-state index contributed by atoms with van der Waals surface area (Å²) >= 11 is 0. The van der Waals surface area contributed by atoms with E-state index in [1.165, 1.54) is 82.4 Å². The molecule has 0 amide bonds. The SMILES string of the molecule is Cc1ccccc1N(c1cccc(-c2ccccc2)c1C)c1cc(N(c2ccccc2C)c2cccc(-c3ccccc3)c2C)c2ccc3cc(C(C)(C)C)cc4ccc1c2c43. The Hall–Kier alpha value is -7.16. The highest BCUT2D eigenvalue weighted by atomic mass is 15.2. The topological polar surface area (TPSA) is 6.48 Å². The van der Waals surface area contributed by atoms with Gasteiger partial charge < -0.3 is 9.80 Å². The molecule has 0 aliphatic rings. The van der Waals surface area contributed by atoms with Crippen molar-refractivity contribution in [3.05, 3.63) is 216 Å². The predicted octanol–water partition coefficient (Wildman–Crippen LogP) is 17.4. The van der Waals surface area contributed by atoms with Crippen molar-refractivity contribution in [1.82, 2.24) is 0 Å². The van der Waals surface area contributed by atoms with Crippen LogP contribution in [0.15, 0.2) is 188 Å². The zero-order chi connectivity index (χ0) is 42.7. The number of nitrogens with zero attached hydrogens (tertiary/aromatic N) is 2. The van der Waals surface area contributed by atoms with E-state index in [4.69, 9.17) is 0 Å². The second-order valence-corrected chi connectivity index (χ2v) is 17.9. The van der Waals surface area contributed by atoms with Gasteiger partial charge >= 0.3 is 0 Å². The van der Waals surface area contributed by atoms with E-state index in [0.29, 0.717) is 0 Å². The van der Waals surface area contributed by atoms with Gasteiger partial charge in [0.15, 0.2) is 0 Å². The zero-order valence-corrected chi connectivity index (χ0v) is 36.8. The summed E-state index contributed by atoms with van der Waals surface area (Å²) in [5, 5.41) is 7.55. The third-order valence-corrected chi connectivity index (χ3v) is 13.0. The molecule has 0 aromatic heterocycles. The number of para-hydroxylation sites is 2. The third-order valence-electron chi connectivity index (χ3n) is 13.0. The average molecular weight is 801 g/mol. The van der Waals surface area contributed by atoms with Gasteiger partial charge in [0.1, 0.15) is 0 Å². The minimum atomic E-state index is 0.00658. The molecule has 10 aromatic rings. The Balaban J connectivity index is 1.37. The maximum absolute atomic E-state index is 2.54. The quantitative estimate of drug-likeness (QED) is 0.141. The lowest BCUT2D eigenvalue weighted by molar-refractivity contribution is 0.591. The average Bonchev–Trinajstić information content (AvgIpc) is 3.28. The van der Waals surface area contributed by atoms with E-state index in [2.05, 4.69) is 246 Å². The number of hydrogen-bond donors (Lipinski definition) is 0. The number of rotatable bonds is 8. The molecule has 0 unspecified atom stereocenters.